The summed E-state index contributed by atoms with van der Waals surface area (Å²) in [6.07, 6.45) is 0.0977. The predicted molar refractivity (Wildman–Crippen MR) is 120 cm³/mol. The van der Waals surface area contributed by atoms with E-state index in [1.165, 1.54) is 32.3 Å². The number of para-hydroxylation sites is 1. The van der Waals surface area contributed by atoms with Gasteiger partial charge < -0.3 is 36.0 Å². The van der Waals surface area contributed by atoms with Crippen molar-refractivity contribution in [2.75, 3.05) is 12.8 Å². The maximum absolute atomic E-state index is 13.1. The molecule has 0 bridgehead atoms. The average molecular weight is 475 g/mol. The van der Waals surface area contributed by atoms with E-state index >= 15 is 0 Å². The molecule has 0 radical (unpaired) electrons. The van der Waals surface area contributed by atoms with Gasteiger partial charge in [0.05, 0.1) is 11.5 Å². The first-order valence-electron chi connectivity index (χ1n) is 9.74. The highest BCUT2D eigenvalue weighted by Gasteiger charge is 2.39. The number of anilines is 1. The topological polar surface area (TPSA) is 185 Å². The van der Waals surface area contributed by atoms with Crippen molar-refractivity contribution in [2.45, 2.75) is 31.8 Å². The number of carboxylic acids is 1. The SMILES string of the molecule is CNC(=O)C(C)(C)O/N=C(\C(=O)NC1Cc2cccc(C(=O)O)c2OB1O)c1csc(N)n1. The van der Waals surface area contributed by atoms with E-state index in [4.69, 9.17) is 15.2 Å². The molecule has 0 saturated carbocycles. The minimum absolute atomic E-state index is 0.0415. The van der Waals surface area contributed by atoms with Gasteiger partial charge in [0.15, 0.2) is 10.8 Å². The number of rotatable bonds is 7. The highest BCUT2D eigenvalue weighted by atomic mass is 32.1. The molecule has 14 heteroatoms. The number of nitrogens with two attached hydrogens (primary N) is 1. The second-order valence-electron chi connectivity index (χ2n) is 7.58. The Morgan fingerprint density at radius 1 is 1.39 bits per heavy atom. The Labute approximate surface area is 192 Å². The molecule has 2 heterocycles. The van der Waals surface area contributed by atoms with Gasteiger partial charge in [-0.2, -0.15) is 0 Å². The van der Waals surface area contributed by atoms with Gasteiger partial charge in [-0.05, 0) is 31.9 Å². The van der Waals surface area contributed by atoms with Crippen molar-refractivity contribution in [1.29, 1.82) is 0 Å². The monoisotopic (exact) mass is 475 g/mol. The molecule has 1 atom stereocenters. The van der Waals surface area contributed by atoms with Gasteiger partial charge in [0.25, 0.3) is 11.8 Å². The van der Waals surface area contributed by atoms with Crippen molar-refractivity contribution in [3.05, 3.63) is 40.4 Å². The number of hydrogen-bond acceptors (Lipinski definition) is 10. The molecule has 3 rings (SSSR count). The van der Waals surface area contributed by atoms with Crippen LogP contribution in [0.25, 0.3) is 0 Å². The molecule has 1 aromatic carbocycles. The lowest BCUT2D eigenvalue weighted by atomic mass is 9.72. The second-order valence-corrected chi connectivity index (χ2v) is 8.47. The molecule has 2 amide bonds. The smallest absolute Gasteiger partial charge is 0.534 e. The van der Waals surface area contributed by atoms with E-state index in [1.807, 2.05) is 0 Å². The quantitative estimate of drug-likeness (QED) is 0.206. The lowest BCUT2D eigenvalue weighted by Crippen LogP contribution is -2.54. The van der Waals surface area contributed by atoms with E-state index in [9.17, 15) is 24.5 Å². The van der Waals surface area contributed by atoms with Crippen LogP contribution in [0.2, 0.25) is 0 Å². The predicted octanol–water partition coefficient (Wildman–Crippen LogP) is -0.192. The summed E-state index contributed by atoms with van der Waals surface area (Å²) in [4.78, 5) is 45.8. The molecule has 0 saturated heterocycles. The largest absolute Gasteiger partial charge is 0.547 e. The van der Waals surface area contributed by atoms with Gasteiger partial charge >= 0.3 is 13.1 Å². The third kappa shape index (κ3) is 5.23. The summed E-state index contributed by atoms with van der Waals surface area (Å²) < 4.78 is 5.39. The zero-order chi connectivity index (χ0) is 24.3. The molecule has 6 N–H and O–H groups in total. The number of aromatic carboxylic acids is 1. The standard InChI is InChI=1S/C19H22BN5O7S/c1-19(2,17(29)22-3)32-25-13(11-8-33-18(21)23-11)15(26)24-12-7-9-5-4-6-10(16(27)28)14(9)31-20(12)30/h4-6,8,12,30H,7H2,1-3H3,(H2,21,23)(H,22,29)(H,24,26)(H,27,28)/b25-13-. The normalized spacial score (nSPS) is 15.8. The third-order valence-corrected chi connectivity index (χ3v) is 5.46. The van der Waals surface area contributed by atoms with Gasteiger partial charge in [0, 0.05) is 12.4 Å². The second kappa shape index (κ2) is 9.46. The summed E-state index contributed by atoms with van der Waals surface area (Å²) in [6.45, 7) is 2.94. The van der Waals surface area contributed by atoms with Crippen LogP contribution in [-0.4, -0.2) is 64.3 Å². The fraction of sp³-hybridized carbons (Fsp3) is 0.316. The van der Waals surface area contributed by atoms with Crippen LogP contribution in [0.1, 0.15) is 35.5 Å². The lowest BCUT2D eigenvalue weighted by molar-refractivity contribution is -0.142. The summed E-state index contributed by atoms with van der Waals surface area (Å²) in [6, 6.07) is 4.54. The van der Waals surface area contributed by atoms with Crippen molar-refractivity contribution >= 4 is 47.1 Å². The number of carboxylic acid groups (broad SMARTS) is 1. The summed E-state index contributed by atoms with van der Waals surface area (Å²) >= 11 is 1.08. The highest BCUT2D eigenvalue weighted by Crippen LogP contribution is 2.30. The molecule has 1 unspecified atom stereocenters. The number of hydrogen-bond donors (Lipinski definition) is 5. The van der Waals surface area contributed by atoms with Crippen LogP contribution in [0.3, 0.4) is 0 Å². The van der Waals surface area contributed by atoms with Crippen LogP contribution in [-0.2, 0) is 20.8 Å². The number of nitrogen functional groups attached to an aromatic ring is 1. The first-order chi connectivity index (χ1) is 15.5. The van der Waals surface area contributed by atoms with Crippen LogP contribution in [0.4, 0.5) is 5.13 Å². The number of likely N-dealkylation sites (N-methyl/N-ethyl adjacent to an activating group) is 1. The summed E-state index contributed by atoms with van der Waals surface area (Å²) in [5.41, 5.74) is 4.54. The van der Waals surface area contributed by atoms with Crippen LogP contribution in [0.5, 0.6) is 5.75 Å². The Hall–Kier alpha value is -3.65. The molecule has 1 aliphatic rings. The van der Waals surface area contributed by atoms with Gasteiger partial charge in [0.1, 0.15) is 11.4 Å². The molecule has 1 aliphatic heterocycles. The van der Waals surface area contributed by atoms with Gasteiger partial charge in [-0.3, -0.25) is 9.59 Å². The minimum atomic E-state index is -1.52. The Bertz CT molecular complexity index is 1120. The number of nitrogens with one attached hydrogen (secondary N) is 2. The summed E-state index contributed by atoms with van der Waals surface area (Å²) in [5.74, 6) is -3.32. The number of amides is 2. The first-order valence-corrected chi connectivity index (χ1v) is 10.6. The molecule has 1 aromatic heterocycles. The van der Waals surface area contributed by atoms with Crippen molar-refractivity contribution in [2.24, 2.45) is 5.16 Å². The van der Waals surface area contributed by atoms with Crippen molar-refractivity contribution in [3.63, 3.8) is 0 Å². The van der Waals surface area contributed by atoms with E-state index in [0.29, 0.717) is 5.56 Å². The van der Waals surface area contributed by atoms with Crippen molar-refractivity contribution < 1.29 is 34.0 Å². The number of oxime groups is 1. The van der Waals surface area contributed by atoms with Gasteiger partial charge in [-0.25, -0.2) is 9.78 Å². The van der Waals surface area contributed by atoms with Crippen LogP contribution < -0.4 is 21.0 Å². The minimum Gasteiger partial charge on any atom is -0.534 e. The average Bonchev–Trinajstić information content (AvgIpc) is 3.18. The number of nitrogens with zero attached hydrogens (tertiary/aromatic N) is 2. The zero-order valence-corrected chi connectivity index (χ0v) is 18.8. The van der Waals surface area contributed by atoms with Gasteiger partial charge in [-0.1, -0.05) is 17.3 Å². The number of benzene rings is 1. The summed E-state index contributed by atoms with van der Waals surface area (Å²) in [7, 11) is -0.0869. The summed E-state index contributed by atoms with van der Waals surface area (Å²) in [5, 5.41) is 30.3. The van der Waals surface area contributed by atoms with E-state index in [-0.39, 0.29) is 34.3 Å². The zero-order valence-electron chi connectivity index (χ0n) is 18.0. The Balaban J connectivity index is 1.85. The molecule has 0 aliphatic carbocycles. The fourth-order valence-electron chi connectivity index (χ4n) is 3.06. The highest BCUT2D eigenvalue weighted by molar-refractivity contribution is 7.13. The molecule has 0 spiro atoms. The molecular formula is C19H22BN5O7S. The van der Waals surface area contributed by atoms with Crippen LogP contribution in [0, 0.1) is 0 Å². The van der Waals surface area contributed by atoms with E-state index in [1.54, 1.807) is 12.1 Å². The van der Waals surface area contributed by atoms with E-state index in [0.717, 1.165) is 11.3 Å². The van der Waals surface area contributed by atoms with Crippen LogP contribution in [0.15, 0.2) is 28.7 Å². The maximum Gasteiger partial charge on any atom is 0.547 e. The number of aromatic nitrogens is 1. The van der Waals surface area contributed by atoms with Crippen molar-refractivity contribution in [3.8, 4) is 5.75 Å². The number of thiazole rings is 1. The van der Waals surface area contributed by atoms with Crippen molar-refractivity contribution in [1.82, 2.24) is 15.6 Å². The van der Waals surface area contributed by atoms with E-state index < -0.39 is 36.4 Å². The number of carbonyl (C=O) groups excluding carboxylic acids is 2. The Morgan fingerprint density at radius 3 is 2.73 bits per heavy atom. The number of fused-ring (bicyclic) bond motifs is 1. The first kappa shape index (κ1) is 24.0. The lowest BCUT2D eigenvalue weighted by Gasteiger charge is -2.29. The van der Waals surface area contributed by atoms with Crippen LogP contribution >= 0.6 is 11.3 Å². The fourth-order valence-corrected chi connectivity index (χ4v) is 3.60. The molecular weight excluding hydrogens is 453 g/mol. The molecule has 33 heavy (non-hydrogen) atoms. The molecule has 0 fully saturated rings. The van der Waals surface area contributed by atoms with Gasteiger partial charge in [-0.15, -0.1) is 11.3 Å². The Kier molecular flexibility index (Phi) is 6.88. The molecule has 12 nitrogen and oxygen atoms in total. The number of carbonyl (C=O) groups is 3. The Morgan fingerprint density at radius 2 is 2.12 bits per heavy atom. The van der Waals surface area contributed by atoms with Gasteiger partial charge in [0.2, 0.25) is 5.60 Å². The third-order valence-electron chi connectivity index (χ3n) is 4.78. The molecule has 174 valence electrons. The molecule has 2 aromatic rings. The van der Waals surface area contributed by atoms with E-state index in [2.05, 4.69) is 20.8 Å². The maximum atomic E-state index is 13.1.